The van der Waals surface area contributed by atoms with E-state index in [2.05, 4.69) is 4.98 Å². The normalized spacial score (nSPS) is 14.8. The minimum absolute atomic E-state index is 0.0283. The van der Waals surface area contributed by atoms with E-state index in [4.69, 9.17) is 9.84 Å². The van der Waals surface area contributed by atoms with Gasteiger partial charge in [0.05, 0.1) is 13.0 Å². The lowest BCUT2D eigenvalue weighted by Crippen LogP contribution is -2.39. The highest BCUT2D eigenvalue weighted by Crippen LogP contribution is 2.21. The molecular weight excluding hydrogens is 260 g/mol. The van der Waals surface area contributed by atoms with Crippen LogP contribution in [0.5, 0.6) is 0 Å². The number of aromatic amines is 1. The average Bonchev–Trinajstić information content (AvgIpc) is 2.66. The van der Waals surface area contributed by atoms with E-state index < -0.39 is 11.6 Å². The van der Waals surface area contributed by atoms with Crippen molar-refractivity contribution in [1.29, 1.82) is 0 Å². The molecule has 6 nitrogen and oxygen atoms in total. The minimum atomic E-state index is -0.868. The number of carboxylic acids is 1. The molecule has 2 heterocycles. The molecule has 6 heteroatoms. The van der Waals surface area contributed by atoms with Crippen LogP contribution in [0.15, 0.2) is 6.07 Å². The maximum absolute atomic E-state index is 12.0. The summed E-state index contributed by atoms with van der Waals surface area (Å²) in [5, 5.41) is 8.79. The van der Waals surface area contributed by atoms with Crippen LogP contribution >= 0.6 is 0 Å². The molecule has 1 aromatic rings. The molecule has 0 spiro atoms. The molecule has 1 aliphatic heterocycles. The molecule has 2 rings (SSSR count). The van der Waals surface area contributed by atoms with E-state index >= 15 is 0 Å². The fourth-order valence-corrected chi connectivity index (χ4v) is 2.24. The van der Waals surface area contributed by atoms with Crippen molar-refractivity contribution < 1.29 is 19.4 Å². The number of H-pyrrole nitrogens is 1. The lowest BCUT2D eigenvalue weighted by Gasteiger charge is -2.29. The molecule has 0 aromatic carbocycles. The Labute approximate surface area is 117 Å². The van der Waals surface area contributed by atoms with Crippen molar-refractivity contribution in [2.75, 3.05) is 6.54 Å². The third kappa shape index (κ3) is 3.53. The highest BCUT2D eigenvalue weighted by molar-refractivity contribution is 5.70. The Hall–Kier alpha value is -1.98. The molecular formula is C14H20N2O4. The fourth-order valence-electron chi connectivity index (χ4n) is 2.24. The zero-order valence-electron chi connectivity index (χ0n) is 12.0. The first-order valence-corrected chi connectivity index (χ1v) is 6.64. The van der Waals surface area contributed by atoms with E-state index in [-0.39, 0.29) is 12.5 Å². The molecule has 1 amide bonds. The molecule has 0 atom stereocenters. The molecule has 20 heavy (non-hydrogen) atoms. The maximum atomic E-state index is 12.0. The van der Waals surface area contributed by atoms with Crippen LogP contribution in [0, 0.1) is 0 Å². The van der Waals surface area contributed by atoms with E-state index in [9.17, 15) is 9.59 Å². The van der Waals surface area contributed by atoms with Crippen molar-refractivity contribution in [1.82, 2.24) is 9.88 Å². The summed E-state index contributed by atoms with van der Waals surface area (Å²) in [7, 11) is 0. The van der Waals surface area contributed by atoms with Crippen LogP contribution in [0.1, 0.15) is 37.7 Å². The molecule has 0 aliphatic carbocycles. The zero-order chi connectivity index (χ0) is 14.9. The number of fused-ring (bicyclic) bond motifs is 1. The number of ether oxygens (including phenoxy) is 1. The second kappa shape index (κ2) is 5.19. The van der Waals surface area contributed by atoms with Gasteiger partial charge in [-0.1, -0.05) is 0 Å². The van der Waals surface area contributed by atoms with Crippen molar-refractivity contribution in [2.24, 2.45) is 0 Å². The van der Waals surface area contributed by atoms with Gasteiger partial charge in [0.25, 0.3) is 0 Å². The van der Waals surface area contributed by atoms with E-state index in [0.717, 1.165) is 11.3 Å². The van der Waals surface area contributed by atoms with E-state index in [1.165, 1.54) is 0 Å². The molecule has 1 aromatic heterocycles. The second-order valence-corrected chi connectivity index (χ2v) is 6.02. The smallest absolute Gasteiger partial charge is 0.410 e. The third-order valence-corrected chi connectivity index (χ3v) is 3.04. The monoisotopic (exact) mass is 280 g/mol. The van der Waals surface area contributed by atoms with Crippen LogP contribution in [0.2, 0.25) is 0 Å². The molecule has 0 radical (unpaired) electrons. The summed E-state index contributed by atoms with van der Waals surface area (Å²) >= 11 is 0. The van der Waals surface area contributed by atoms with Gasteiger partial charge in [0.2, 0.25) is 0 Å². The summed E-state index contributed by atoms with van der Waals surface area (Å²) in [6.07, 6.45) is 0.349. The number of aromatic nitrogens is 1. The summed E-state index contributed by atoms with van der Waals surface area (Å²) in [6, 6.07) is 1.87. The predicted molar refractivity (Wildman–Crippen MR) is 72.5 cm³/mol. The van der Waals surface area contributed by atoms with Crippen LogP contribution in [0.3, 0.4) is 0 Å². The number of carboxylic acid groups (broad SMARTS) is 1. The Morgan fingerprint density at radius 2 is 2.15 bits per heavy atom. The first kappa shape index (κ1) is 14.4. The number of nitrogens with one attached hydrogen (secondary N) is 1. The van der Waals surface area contributed by atoms with Crippen LogP contribution in [0.4, 0.5) is 4.79 Å². The largest absolute Gasteiger partial charge is 0.481 e. The Morgan fingerprint density at radius 3 is 2.75 bits per heavy atom. The molecule has 0 unspecified atom stereocenters. The van der Waals surface area contributed by atoms with Crippen molar-refractivity contribution in [3.63, 3.8) is 0 Å². The maximum Gasteiger partial charge on any atom is 0.410 e. The molecule has 2 N–H and O–H groups in total. The third-order valence-electron chi connectivity index (χ3n) is 3.04. The highest BCUT2D eigenvalue weighted by atomic mass is 16.6. The van der Waals surface area contributed by atoms with Gasteiger partial charge in [-0.2, -0.15) is 0 Å². The molecule has 110 valence electrons. The van der Waals surface area contributed by atoms with Gasteiger partial charge in [0, 0.05) is 17.9 Å². The topological polar surface area (TPSA) is 82.6 Å². The standard InChI is InChI=1S/C14H20N2O4/c1-14(2,3)20-13(19)16-5-4-9-6-10(7-12(17)18)15-11(9)8-16/h6,15H,4-5,7-8H2,1-3H3,(H,17,18). The molecule has 0 saturated carbocycles. The first-order chi connectivity index (χ1) is 9.24. The number of carbonyl (C=O) groups excluding carboxylic acids is 1. The number of rotatable bonds is 2. The van der Waals surface area contributed by atoms with Gasteiger partial charge in [-0.3, -0.25) is 4.79 Å². The first-order valence-electron chi connectivity index (χ1n) is 6.64. The summed E-state index contributed by atoms with van der Waals surface area (Å²) in [6.45, 7) is 6.52. The van der Waals surface area contributed by atoms with E-state index in [0.29, 0.717) is 25.2 Å². The van der Waals surface area contributed by atoms with Crippen molar-refractivity contribution in [2.45, 2.75) is 45.8 Å². The van der Waals surface area contributed by atoms with Crippen LogP contribution in [-0.4, -0.2) is 39.2 Å². The van der Waals surface area contributed by atoms with Gasteiger partial charge in [0.1, 0.15) is 5.60 Å². The van der Waals surface area contributed by atoms with E-state index in [1.807, 2.05) is 26.8 Å². The van der Waals surface area contributed by atoms with Gasteiger partial charge in [0.15, 0.2) is 0 Å². The molecule has 0 saturated heterocycles. The number of nitrogens with zero attached hydrogens (tertiary/aromatic N) is 1. The zero-order valence-corrected chi connectivity index (χ0v) is 12.0. The Bertz CT molecular complexity index is 528. The average molecular weight is 280 g/mol. The fraction of sp³-hybridized carbons (Fsp3) is 0.571. The highest BCUT2D eigenvalue weighted by Gasteiger charge is 2.26. The van der Waals surface area contributed by atoms with Crippen LogP contribution in [0.25, 0.3) is 0 Å². The quantitative estimate of drug-likeness (QED) is 0.867. The Balaban J connectivity index is 2.05. The second-order valence-electron chi connectivity index (χ2n) is 6.02. The lowest BCUT2D eigenvalue weighted by molar-refractivity contribution is -0.136. The van der Waals surface area contributed by atoms with E-state index in [1.54, 1.807) is 4.90 Å². The van der Waals surface area contributed by atoms with Crippen molar-refractivity contribution >= 4 is 12.1 Å². The summed E-state index contributed by atoms with van der Waals surface area (Å²) in [4.78, 5) is 27.4. The van der Waals surface area contributed by atoms with Gasteiger partial charge in [-0.25, -0.2) is 4.79 Å². The number of hydrogen-bond acceptors (Lipinski definition) is 3. The van der Waals surface area contributed by atoms with Gasteiger partial charge in [-0.15, -0.1) is 0 Å². The lowest BCUT2D eigenvalue weighted by atomic mass is 10.1. The van der Waals surface area contributed by atoms with Gasteiger partial charge < -0.3 is 19.7 Å². The number of aliphatic carboxylic acids is 1. The van der Waals surface area contributed by atoms with Crippen molar-refractivity contribution in [3.05, 3.63) is 23.0 Å². The summed E-state index contributed by atoms with van der Waals surface area (Å²) in [5.41, 5.74) is 2.15. The molecule has 0 bridgehead atoms. The number of hydrogen-bond donors (Lipinski definition) is 2. The number of carbonyl (C=O) groups is 2. The SMILES string of the molecule is CC(C)(C)OC(=O)N1CCc2cc(CC(=O)O)[nH]c2C1. The molecule has 1 aliphatic rings. The summed E-state index contributed by atoms with van der Waals surface area (Å²) in [5.74, 6) is -0.868. The predicted octanol–water partition coefficient (Wildman–Crippen LogP) is 1.94. The van der Waals surface area contributed by atoms with Crippen LogP contribution < -0.4 is 0 Å². The Morgan fingerprint density at radius 1 is 1.45 bits per heavy atom. The molecule has 0 fully saturated rings. The number of amides is 1. The summed E-state index contributed by atoms with van der Waals surface area (Å²) < 4.78 is 5.34. The minimum Gasteiger partial charge on any atom is -0.481 e. The Kier molecular flexibility index (Phi) is 3.74. The van der Waals surface area contributed by atoms with Gasteiger partial charge >= 0.3 is 12.1 Å². The van der Waals surface area contributed by atoms with Gasteiger partial charge in [-0.05, 0) is 38.8 Å². The van der Waals surface area contributed by atoms with Crippen molar-refractivity contribution in [3.8, 4) is 0 Å². The van der Waals surface area contributed by atoms with Crippen LogP contribution in [-0.2, 0) is 28.9 Å².